The van der Waals surface area contributed by atoms with Crippen LogP contribution in [0.5, 0.6) is 0 Å². The average Bonchev–Trinajstić information content (AvgIpc) is 3.12. The monoisotopic (exact) mass is 513 g/mol. The highest BCUT2D eigenvalue weighted by Crippen LogP contribution is 2.25. The number of halogens is 1. The number of rotatable bonds is 6. The van der Waals surface area contributed by atoms with Crippen molar-refractivity contribution in [3.05, 3.63) is 52.0 Å². The second-order valence-electron chi connectivity index (χ2n) is 6.94. The summed E-state index contributed by atoms with van der Waals surface area (Å²) >= 11 is 1.72. The van der Waals surface area contributed by atoms with Crippen LogP contribution in [0.4, 0.5) is 0 Å². The Hall–Kier alpha value is -1.19. The van der Waals surface area contributed by atoms with Gasteiger partial charge >= 0.3 is 0 Å². The van der Waals surface area contributed by atoms with E-state index in [-0.39, 0.29) is 24.0 Å². The summed E-state index contributed by atoms with van der Waals surface area (Å²) in [6.07, 6.45) is 2.08. The number of nitrogens with zero attached hydrogens (tertiary/aromatic N) is 4. The van der Waals surface area contributed by atoms with Gasteiger partial charge in [-0.15, -0.1) is 35.3 Å². The highest BCUT2D eigenvalue weighted by Gasteiger charge is 2.25. The van der Waals surface area contributed by atoms with Crippen LogP contribution in [0.15, 0.2) is 40.7 Å². The van der Waals surface area contributed by atoms with E-state index < -0.39 is 0 Å². The second-order valence-corrected chi connectivity index (χ2v) is 8.00. The van der Waals surface area contributed by atoms with E-state index in [1.807, 2.05) is 7.05 Å². The minimum atomic E-state index is 0. The molecule has 2 aromatic rings. The van der Waals surface area contributed by atoms with E-state index >= 15 is 0 Å². The molecular formula is C21H32IN5S. The van der Waals surface area contributed by atoms with Gasteiger partial charge in [-0.25, -0.2) is 4.98 Å². The molecule has 0 amide bonds. The first-order chi connectivity index (χ1) is 13.2. The fraction of sp³-hybridized carbons (Fsp3) is 0.524. The molecule has 1 aliphatic heterocycles. The van der Waals surface area contributed by atoms with Crippen LogP contribution in [-0.2, 0) is 6.42 Å². The molecular weight excluding hydrogens is 481 g/mol. The quantitative estimate of drug-likeness (QED) is 0.361. The average molecular weight is 513 g/mol. The van der Waals surface area contributed by atoms with Gasteiger partial charge in [0.2, 0.25) is 0 Å². The van der Waals surface area contributed by atoms with E-state index in [1.165, 1.54) is 11.3 Å². The number of hydrogen-bond donors (Lipinski definition) is 1. The summed E-state index contributed by atoms with van der Waals surface area (Å²) in [6, 6.07) is 11.4. The number of aliphatic imine (C=N–C) groups is 1. The van der Waals surface area contributed by atoms with Crippen LogP contribution in [0.1, 0.15) is 35.7 Å². The molecule has 0 spiro atoms. The van der Waals surface area contributed by atoms with E-state index in [2.05, 4.69) is 74.7 Å². The summed E-state index contributed by atoms with van der Waals surface area (Å²) in [5.41, 5.74) is 2.59. The van der Waals surface area contributed by atoms with Crippen LogP contribution in [0.2, 0.25) is 0 Å². The van der Waals surface area contributed by atoms with Gasteiger partial charge in [0.1, 0.15) is 0 Å². The van der Waals surface area contributed by atoms with Gasteiger partial charge in [0.05, 0.1) is 10.7 Å². The van der Waals surface area contributed by atoms with Gasteiger partial charge in [0.15, 0.2) is 5.96 Å². The Labute approximate surface area is 190 Å². The molecule has 0 radical (unpaired) electrons. The lowest BCUT2D eigenvalue weighted by Gasteiger charge is -2.40. The smallest absolute Gasteiger partial charge is 0.193 e. The lowest BCUT2D eigenvalue weighted by atomic mass is 10.0. The van der Waals surface area contributed by atoms with E-state index in [9.17, 15) is 0 Å². The van der Waals surface area contributed by atoms with Crippen molar-refractivity contribution in [3.63, 3.8) is 0 Å². The second kappa shape index (κ2) is 11.7. The number of benzene rings is 1. The molecule has 1 saturated heterocycles. The van der Waals surface area contributed by atoms with Crippen molar-refractivity contribution >= 4 is 41.3 Å². The zero-order chi connectivity index (χ0) is 19.1. The summed E-state index contributed by atoms with van der Waals surface area (Å²) in [6.45, 7) is 9.37. The Morgan fingerprint density at radius 2 is 1.93 bits per heavy atom. The van der Waals surface area contributed by atoms with Gasteiger partial charge in [-0.3, -0.25) is 9.89 Å². The lowest BCUT2D eigenvalue weighted by molar-refractivity contribution is 0.127. The van der Waals surface area contributed by atoms with E-state index in [0.29, 0.717) is 6.04 Å². The zero-order valence-electron chi connectivity index (χ0n) is 17.1. The lowest BCUT2D eigenvalue weighted by Crippen LogP contribution is -2.53. The van der Waals surface area contributed by atoms with Crippen molar-refractivity contribution in [2.75, 3.05) is 39.8 Å². The third kappa shape index (κ3) is 6.15. The van der Waals surface area contributed by atoms with Gasteiger partial charge in [0, 0.05) is 57.6 Å². The first-order valence-corrected chi connectivity index (χ1v) is 10.7. The Bertz CT molecular complexity index is 725. The summed E-state index contributed by atoms with van der Waals surface area (Å²) < 4.78 is 0. The number of hydrogen-bond acceptors (Lipinski definition) is 4. The predicted molar refractivity (Wildman–Crippen MR) is 130 cm³/mol. The molecule has 1 fully saturated rings. The number of aromatic nitrogens is 1. The van der Waals surface area contributed by atoms with Gasteiger partial charge in [0.25, 0.3) is 0 Å². The minimum Gasteiger partial charge on any atom is -0.356 e. The van der Waals surface area contributed by atoms with E-state index in [0.717, 1.165) is 56.5 Å². The molecule has 1 unspecified atom stereocenters. The molecule has 3 rings (SSSR count). The molecule has 0 bridgehead atoms. The molecule has 7 heteroatoms. The molecule has 28 heavy (non-hydrogen) atoms. The maximum Gasteiger partial charge on any atom is 0.193 e. The van der Waals surface area contributed by atoms with Crippen molar-refractivity contribution in [2.24, 2.45) is 4.99 Å². The molecule has 2 heterocycles. The summed E-state index contributed by atoms with van der Waals surface area (Å²) in [5, 5.41) is 6.79. The summed E-state index contributed by atoms with van der Waals surface area (Å²) in [4.78, 5) is 14.0. The van der Waals surface area contributed by atoms with Crippen molar-refractivity contribution in [1.29, 1.82) is 0 Å². The van der Waals surface area contributed by atoms with Crippen LogP contribution in [-0.4, -0.2) is 60.5 Å². The van der Waals surface area contributed by atoms with Crippen LogP contribution in [0, 0.1) is 6.92 Å². The molecule has 0 aliphatic carbocycles. The van der Waals surface area contributed by atoms with Crippen LogP contribution >= 0.6 is 35.3 Å². The zero-order valence-corrected chi connectivity index (χ0v) is 20.2. The highest BCUT2D eigenvalue weighted by atomic mass is 127. The number of piperazine rings is 1. The molecule has 1 aromatic carbocycles. The summed E-state index contributed by atoms with van der Waals surface area (Å²) in [5.74, 6) is 1.01. The number of aryl methyl sites for hydroxylation is 1. The molecule has 5 nitrogen and oxygen atoms in total. The number of nitrogens with one attached hydrogen (secondary N) is 1. The Balaban J connectivity index is 0.00000280. The number of thiazole rings is 1. The van der Waals surface area contributed by atoms with Gasteiger partial charge < -0.3 is 10.2 Å². The van der Waals surface area contributed by atoms with Crippen molar-refractivity contribution in [3.8, 4) is 0 Å². The standard InChI is InChI=1S/C21H31N5S.HI/c1-4-20(18-8-6-5-7-9-18)25-12-14-26(15-13-25)21(22-3)23-11-10-19-16-27-17(2)24-19;/h5-9,16,20H,4,10-15H2,1-3H3,(H,22,23);1H. The molecule has 1 aliphatic rings. The Morgan fingerprint density at radius 1 is 1.21 bits per heavy atom. The third-order valence-electron chi connectivity index (χ3n) is 5.17. The molecule has 154 valence electrons. The number of guanidine groups is 1. The first kappa shape index (κ1) is 23.1. The maximum atomic E-state index is 4.53. The molecule has 1 aromatic heterocycles. The van der Waals surface area contributed by atoms with Crippen LogP contribution in [0.3, 0.4) is 0 Å². The fourth-order valence-electron chi connectivity index (χ4n) is 3.78. The van der Waals surface area contributed by atoms with Crippen LogP contribution < -0.4 is 5.32 Å². The van der Waals surface area contributed by atoms with Gasteiger partial charge in [-0.05, 0) is 18.9 Å². The Kier molecular flexibility index (Phi) is 9.67. The van der Waals surface area contributed by atoms with Gasteiger partial charge in [-0.2, -0.15) is 0 Å². The van der Waals surface area contributed by atoms with Crippen molar-refractivity contribution in [2.45, 2.75) is 32.7 Å². The third-order valence-corrected chi connectivity index (χ3v) is 5.99. The molecule has 1 N–H and O–H groups in total. The largest absolute Gasteiger partial charge is 0.356 e. The van der Waals surface area contributed by atoms with Gasteiger partial charge in [-0.1, -0.05) is 37.3 Å². The van der Waals surface area contributed by atoms with Crippen molar-refractivity contribution < 1.29 is 0 Å². The molecule has 1 atom stereocenters. The topological polar surface area (TPSA) is 43.8 Å². The van der Waals surface area contributed by atoms with Crippen LogP contribution in [0.25, 0.3) is 0 Å². The normalized spacial score (nSPS) is 16.5. The SMILES string of the molecule is CCC(c1ccccc1)N1CCN(C(=NC)NCCc2csc(C)n2)CC1.I. The predicted octanol–water partition coefficient (Wildman–Crippen LogP) is 3.96. The highest BCUT2D eigenvalue weighted by molar-refractivity contribution is 14.0. The maximum absolute atomic E-state index is 4.53. The first-order valence-electron chi connectivity index (χ1n) is 9.87. The van der Waals surface area contributed by atoms with Crippen molar-refractivity contribution in [1.82, 2.24) is 20.1 Å². The van der Waals surface area contributed by atoms with E-state index in [1.54, 1.807) is 11.3 Å². The molecule has 0 saturated carbocycles. The Morgan fingerprint density at radius 3 is 2.50 bits per heavy atom. The minimum absolute atomic E-state index is 0. The summed E-state index contributed by atoms with van der Waals surface area (Å²) in [7, 11) is 1.88. The fourth-order valence-corrected chi connectivity index (χ4v) is 4.43. The van der Waals surface area contributed by atoms with E-state index in [4.69, 9.17) is 0 Å².